The van der Waals surface area contributed by atoms with Crippen LogP contribution in [-0.2, 0) is 4.57 Å². The van der Waals surface area contributed by atoms with Gasteiger partial charge in [-0.2, -0.15) is 0 Å². The minimum Gasteiger partial charge on any atom is -1.00 e. The maximum Gasteiger partial charge on any atom is 1.00 e. The molecule has 0 saturated carbocycles. The van der Waals surface area contributed by atoms with E-state index in [0.29, 0.717) is 0 Å². The van der Waals surface area contributed by atoms with Crippen LogP contribution >= 0.6 is 19.2 Å². The van der Waals surface area contributed by atoms with Crippen molar-refractivity contribution >= 4 is 24.7 Å². The van der Waals surface area contributed by atoms with Gasteiger partial charge in [-0.25, -0.2) is 0 Å². The number of carbonyl (C=O) groups is 1. The maximum absolute atomic E-state index is 11.0. The first-order valence-corrected chi connectivity index (χ1v) is 5.27. The third kappa shape index (κ3) is 3.48. The Morgan fingerprint density at radius 1 is 1.36 bits per heavy atom. The summed E-state index contributed by atoms with van der Waals surface area (Å²) in [5.41, 5.74) is -1.41. The Morgan fingerprint density at radius 3 is 2.29 bits per heavy atom. The summed E-state index contributed by atoms with van der Waals surface area (Å²) in [7, 11) is -4.73. The first-order valence-electron chi connectivity index (χ1n) is 3.28. The summed E-state index contributed by atoms with van der Waals surface area (Å²) in [6, 6.07) is 5.71. The normalized spacial score (nSPS) is 10.5. The zero-order chi connectivity index (χ0) is 10.1. The summed E-state index contributed by atoms with van der Waals surface area (Å²) in [6.07, 6.45) is 0. The van der Waals surface area contributed by atoms with Gasteiger partial charge in [-0.1, -0.05) is 23.7 Å². The monoisotopic (exact) mass is 244 g/mol. The third-order valence-electron chi connectivity index (χ3n) is 1.37. The molecule has 0 bridgehead atoms. The van der Waals surface area contributed by atoms with Gasteiger partial charge in [0.1, 0.15) is 0 Å². The van der Waals surface area contributed by atoms with Crippen LogP contribution < -0.4 is 29.6 Å². The molecule has 0 aliphatic carbocycles. The van der Waals surface area contributed by atoms with E-state index < -0.39 is 13.1 Å². The van der Waals surface area contributed by atoms with Crippen LogP contribution in [0, 0.1) is 0 Å². The van der Waals surface area contributed by atoms with Gasteiger partial charge in [0.05, 0.1) is 5.02 Å². The van der Waals surface area contributed by atoms with Crippen molar-refractivity contribution < 1.29 is 50.1 Å². The van der Waals surface area contributed by atoms with Crippen LogP contribution in [0.5, 0.6) is 0 Å². The van der Waals surface area contributed by atoms with Crippen molar-refractivity contribution in [2.45, 2.75) is 0 Å². The Balaban J connectivity index is 0. The van der Waals surface area contributed by atoms with E-state index >= 15 is 0 Å². The molecule has 0 aliphatic rings. The van der Waals surface area contributed by atoms with Gasteiger partial charge in [0.25, 0.3) is 5.52 Å². The average molecular weight is 245 g/mol. The molecule has 14 heavy (non-hydrogen) atoms. The van der Waals surface area contributed by atoms with Crippen molar-refractivity contribution in [3.63, 3.8) is 0 Å². The largest absolute Gasteiger partial charge is 1.00 e. The minimum atomic E-state index is -4.73. The van der Waals surface area contributed by atoms with Crippen molar-refractivity contribution in [1.82, 2.24) is 0 Å². The standard InChI is InChI=1S/C7H6ClO4P.Na.H/c8-6-4-2-1-3-5(6)7(9)13(10,11)12;;/h1-4H,(H2,10,11,12);;/q;+1;-1. The van der Waals surface area contributed by atoms with E-state index in [4.69, 9.17) is 21.4 Å². The molecule has 0 radical (unpaired) electrons. The van der Waals surface area contributed by atoms with E-state index in [1.165, 1.54) is 18.2 Å². The minimum absolute atomic E-state index is 0. The molecular formula is C7H7ClNaO4P. The van der Waals surface area contributed by atoms with E-state index in [1.807, 2.05) is 0 Å². The predicted octanol–water partition coefficient (Wildman–Crippen LogP) is -1.23. The third-order valence-corrected chi connectivity index (χ3v) is 2.47. The zero-order valence-electron chi connectivity index (χ0n) is 8.35. The Bertz CT molecular complexity index is 394. The van der Waals surface area contributed by atoms with Crippen LogP contribution in [0.2, 0.25) is 5.02 Å². The van der Waals surface area contributed by atoms with Crippen LogP contribution in [-0.4, -0.2) is 15.3 Å². The molecule has 1 rings (SSSR count). The van der Waals surface area contributed by atoms with Gasteiger partial charge in [0, 0.05) is 5.56 Å². The van der Waals surface area contributed by atoms with Crippen LogP contribution in [0.25, 0.3) is 0 Å². The van der Waals surface area contributed by atoms with E-state index in [2.05, 4.69) is 0 Å². The van der Waals surface area contributed by atoms with Gasteiger partial charge in [-0.05, 0) is 12.1 Å². The average Bonchev–Trinajstić information content (AvgIpc) is 2.02. The van der Waals surface area contributed by atoms with Gasteiger partial charge in [0.2, 0.25) is 0 Å². The Kier molecular flexibility index (Phi) is 5.55. The number of hydrogen-bond donors (Lipinski definition) is 2. The van der Waals surface area contributed by atoms with Gasteiger partial charge in [0.15, 0.2) is 0 Å². The van der Waals surface area contributed by atoms with Crippen LogP contribution in [0.4, 0.5) is 0 Å². The van der Waals surface area contributed by atoms with E-state index in [1.54, 1.807) is 6.07 Å². The van der Waals surface area contributed by atoms with Crippen molar-refractivity contribution in [2.75, 3.05) is 0 Å². The molecule has 0 heterocycles. The zero-order valence-corrected chi connectivity index (χ0v) is 11.0. The molecule has 1 aromatic carbocycles. The van der Waals surface area contributed by atoms with E-state index in [0.717, 1.165) is 0 Å². The van der Waals surface area contributed by atoms with Crippen molar-refractivity contribution in [3.05, 3.63) is 34.9 Å². The molecule has 1 aromatic rings. The molecule has 0 aliphatic heterocycles. The molecule has 0 aromatic heterocycles. The fraction of sp³-hybridized carbons (Fsp3) is 0. The van der Waals surface area contributed by atoms with Crippen LogP contribution in [0.3, 0.4) is 0 Å². The fourth-order valence-electron chi connectivity index (χ4n) is 0.792. The summed E-state index contributed by atoms with van der Waals surface area (Å²) in [5.74, 6) is 0. The molecular weight excluding hydrogens is 237 g/mol. The second kappa shape index (κ2) is 5.42. The Labute approximate surface area is 109 Å². The Hall–Kier alpha value is 0.330. The van der Waals surface area contributed by atoms with E-state index in [9.17, 15) is 9.36 Å². The molecule has 0 atom stereocenters. The molecule has 0 amide bonds. The molecule has 4 nitrogen and oxygen atoms in total. The van der Waals surface area contributed by atoms with Gasteiger partial charge in [-0.15, -0.1) is 0 Å². The number of halogens is 1. The topological polar surface area (TPSA) is 74.6 Å². The predicted molar refractivity (Wildman–Crippen MR) is 48.9 cm³/mol. The fourth-order valence-corrected chi connectivity index (χ4v) is 1.59. The van der Waals surface area contributed by atoms with Gasteiger partial charge >= 0.3 is 37.2 Å². The molecule has 0 spiro atoms. The van der Waals surface area contributed by atoms with Gasteiger partial charge < -0.3 is 11.2 Å². The number of rotatable bonds is 2. The second-order valence-corrected chi connectivity index (χ2v) is 4.23. The first-order chi connectivity index (χ1) is 5.93. The molecule has 72 valence electrons. The molecule has 2 N–H and O–H groups in total. The Morgan fingerprint density at radius 2 is 1.86 bits per heavy atom. The van der Waals surface area contributed by atoms with Crippen molar-refractivity contribution in [2.24, 2.45) is 0 Å². The smallest absolute Gasteiger partial charge is 1.00 e. The number of hydrogen-bond acceptors (Lipinski definition) is 2. The number of carbonyl (C=O) groups excluding carboxylic acids is 1. The number of benzene rings is 1. The summed E-state index contributed by atoms with van der Waals surface area (Å²) in [5, 5.41) is 0.0378. The van der Waals surface area contributed by atoms with Crippen molar-refractivity contribution in [1.29, 1.82) is 0 Å². The van der Waals surface area contributed by atoms with Crippen LogP contribution in [0.15, 0.2) is 24.3 Å². The summed E-state index contributed by atoms with van der Waals surface area (Å²) < 4.78 is 10.6. The maximum atomic E-state index is 11.0. The molecule has 0 saturated heterocycles. The molecule has 7 heteroatoms. The second-order valence-electron chi connectivity index (χ2n) is 2.33. The first kappa shape index (κ1) is 14.3. The summed E-state index contributed by atoms with van der Waals surface area (Å²) in [6.45, 7) is 0. The summed E-state index contributed by atoms with van der Waals surface area (Å²) in [4.78, 5) is 28.2. The van der Waals surface area contributed by atoms with Crippen molar-refractivity contribution in [3.8, 4) is 0 Å². The van der Waals surface area contributed by atoms with Crippen LogP contribution in [0.1, 0.15) is 11.8 Å². The molecule has 0 unspecified atom stereocenters. The molecule has 0 fully saturated rings. The summed E-state index contributed by atoms with van der Waals surface area (Å²) >= 11 is 5.56. The van der Waals surface area contributed by atoms with Gasteiger partial charge in [-0.3, -0.25) is 9.36 Å². The van der Waals surface area contributed by atoms with E-state index in [-0.39, 0.29) is 41.6 Å². The quantitative estimate of drug-likeness (QED) is 0.505. The SMILES string of the molecule is O=C(c1ccccc1Cl)P(=O)(O)O.[H-].[Na+].